The van der Waals surface area contributed by atoms with Crippen LogP contribution in [0.15, 0.2) is 53.7 Å². The lowest BCUT2D eigenvalue weighted by Gasteiger charge is -2.12. The molecular formula is C14H15ClFNO2S. The quantitative estimate of drug-likeness (QED) is 0.831. The fraction of sp³-hybridized carbons (Fsp3) is 0.214. The van der Waals surface area contributed by atoms with Crippen LogP contribution < -0.4 is 4.74 Å². The Balaban J connectivity index is 0.00000200. The number of hydrogen-bond donors (Lipinski definition) is 1. The van der Waals surface area contributed by atoms with E-state index < -0.39 is 11.9 Å². The number of aliphatic hydroxyl groups excluding tert-OH is 1. The summed E-state index contributed by atoms with van der Waals surface area (Å²) in [7, 11) is 0. The number of pyridine rings is 1. The lowest BCUT2D eigenvalue weighted by atomic mass is 10.3. The first-order chi connectivity index (χ1) is 9.25. The second kappa shape index (κ2) is 8.79. The molecule has 0 spiro atoms. The van der Waals surface area contributed by atoms with Gasteiger partial charge in [0.05, 0.1) is 11.1 Å². The fourth-order valence-electron chi connectivity index (χ4n) is 1.41. The Hall–Kier alpha value is -1.30. The Labute approximate surface area is 127 Å². The fourth-order valence-corrected chi connectivity index (χ4v) is 2.18. The molecule has 1 atom stereocenters. The molecule has 0 bridgehead atoms. The molecule has 0 fully saturated rings. The number of benzene rings is 1. The molecule has 2 aromatic rings. The average Bonchev–Trinajstić information content (AvgIpc) is 2.45. The van der Waals surface area contributed by atoms with Crippen molar-refractivity contribution in [1.29, 1.82) is 0 Å². The number of rotatable bonds is 6. The van der Waals surface area contributed by atoms with E-state index in [0.29, 0.717) is 5.75 Å². The van der Waals surface area contributed by atoms with E-state index in [2.05, 4.69) is 4.98 Å². The van der Waals surface area contributed by atoms with Gasteiger partial charge in [-0.15, -0.1) is 24.2 Å². The molecule has 1 aromatic heterocycles. The van der Waals surface area contributed by atoms with Gasteiger partial charge in [-0.3, -0.25) is 0 Å². The smallest absolute Gasteiger partial charge is 0.165 e. The van der Waals surface area contributed by atoms with Crippen molar-refractivity contribution in [1.82, 2.24) is 4.98 Å². The van der Waals surface area contributed by atoms with Gasteiger partial charge in [0.15, 0.2) is 11.6 Å². The molecule has 6 heteroatoms. The van der Waals surface area contributed by atoms with Crippen LogP contribution in [0.25, 0.3) is 0 Å². The zero-order valence-electron chi connectivity index (χ0n) is 10.6. The number of thioether (sulfide) groups is 1. The van der Waals surface area contributed by atoms with Gasteiger partial charge in [0, 0.05) is 11.9 Å². The molecular weight excluding hydrogens is 301 g/mol. The predicted molar refractivity (Wildman–Crippen MR) is 80.1 cm³/mol. The SMILES string of the molecule is Cl.OC(COc1ccccc1F)CSc1ccccn1. The highest BCUT2D eigenvalue weighted by atomic mass is 35.5. The highest BCUT2D eigenvalue weighted by Crippen LogP contribution is 2.18. The minimum Gasteiger partial charge on any atom is -0.488 e. The molecule has 1 unspecified atom stereocenters. The van der Waals surface area contributed by atoms with E-state index in [9.17, 15) is 9.50 Å². The number of aliphatic hydroxyl groups is 1. The molecule has 2 rings (SSSR count). The molecule has 0 aliphatic heterocycles. The molecule has 1 aromatic carbocycles. The van der Waals surface area contributed by atoms with Crippen molar-refractivity contribution in [3.63, 3.8) is 0 Å². The summed E-state index contributed by atoms with van der Waals surface area (Å²) in [6, 6.07) is 11.7. The van der Waals surface area contributed by atoms with Crippen LogP contribution in [0.1, 0.15) is 0 Å². The summed E-state index contributed by atoms with van der Waals surface area (Å²) < 4.78 is 18.5. The van der Waals surface area contributed by atoms with E-state index in [0.717, 1.165) is 5.03 Å². The molecule has 0 aliphatic carbocycles. The number of halogens is 2. The number of nitrogens with zero attached hydrogens (tertiary/aromatic N) is 1. The first kappa shape index (κ1) is 16.8. The third-order valence-electron chi connectivity index (χ3n) is 2.33. The lowest BCUT2D eigenvalue weighted by molar-refractivity contribution is 0.123. The molecule has 108 valence electrons. The van der Waals surface area contributed by atoms with Gasteiger partial charge in [-0.1, -0.05) is 18.2 Å². The molecule has 0 radical (unpaired) electrons. The van der Waals surface area contributed by atoms with Crippen molar-refractivity contribution in [3.05, 3.63) is 54.5 Å². The Morgan fingerprint density at radius 2 is 1.95 bits per heavy atom. The number of hydrogen-bond acceptors (Lipinski definition) is 4. The second-order valence-electron chi connectivity index (χ2n) is 3.87. The summed E-state index contributed by atoms with van der Waals surface area (Å²) in [6.07, 6.45) is 1.02. The molecule has 0 saturated carbocycles. The van der Waals surface area contributed by atoms with Crippen molar-refractivity contribution < 1.29 is 14.2 Å². The maximum absolute atomic E-state index is 13.3. The number of aromatic nitrogens is 1. The lowest BCUT2D eigenvalue weighted by Crippen LogP contribution is -2.20. The van der Waals surface area contributed by atoms with Crippen LogP contribution in [0.5, 0.6) is 5.75 Å². The minimum absolute atomic E-state index is 0. The van der Waals surface area contributed by atoms with Crippen molar-refractivity contribution >= 4 is 24.2 Å². The van der Waals surface area contributed by atoms with Crippen molar-refractivity contribution in [3.8, 4) is 5.75 Å². The van der Waals surface area contributed by atoms with Gasteiger partial charge in [0.1, 0.15) is 6.61 Å². The van der Waals surface area contributed by atoms with Gasteiger partial charge in [-0.05, 0) is 24.3 Å². The van der Waals surface area contributed by atoms with E-state index in [-0.39, 0.29) is 24.8 Å². The van der Waals surface area contributed by atoms with Crippen LogP contribution >= 0.6 is 24.2 Å². The Kier molecular flexibility index (Phi) is 7.36. The van der Waals surface area contributed by atoms with Gasteiger partial charge < -0.3 is 9.84 Å². The van der Waals surface area contributed by atoms with E-state index >= 15 is 0 Å². The molecule has 0 amide bonds. The van der Waals surface area contributed by atoms with Gasteiger partial charge >= 0.3 is 0 Å². The summed E-state index contributed by atoms with van der Waals surface area (Å²) in [6.45, 7) is 0.0563. The average molecular weight is 316 g/mol. The first-order valence-electron chi connectivity index (χ1n) is 5.85. The number of para-hydroxylation sites is 1. The van der Waals surface area contributed by atoms with Crippen molar-refractivity contribution in [2.45, 2.75) is 11.1 Å². The molecule has 1 heterocycles. The predicted octanol–water partition coefficient (Wildman–Crippen LogP) is 3.17. The molecule has 1 N–H and O–H groups in total. The van der Waals surface area contributed by atoms with E-state index in [1.807, 2.05) is 18.2 Å². The number of ether oxygens (including phenoxy) is 1. The summed E-state index contributed by atoms with van der Waals surface area (Å²) in [4.78, 5) is 4.13. The first-order valence-corrected chi connectivity index (χ1v) is 6.83. The highest BCUT2D eigenvalue weighted by Gasteiger charge is 2.08. The zero-order valence-corrected chi connectivity index (χ0v) is 12.2. The maximum Gasteiger partial charge on any atom is 0.165 e. The van der Waals surface area contributed by atoms with Crippen LogP contribution in [-0.4, -0.2) is 28.6 Å². The summed E-state index contributed by atoms with van der Waals surface area (Å²) in [5.74, 6) is 0.183. The monoisotopic (exact) mass is 315 g/mol. The third-order valence-corrected chi connectivity index (χ3v) is 3.42. The molecule has 0 aliphatic rings. The Morgan fingerprint density at radius 3 is 2.65 bits per heavy atom. The normalized spacial score (nSPS) is 11.5. The van der Waals surface area contributed by atoms with Crippen LogP contribution in [0.2, 0.25) is 0 Å². The van der Waals surface area contributed by atoms with Gasteiger partial charge in [0.25, 0.3) is 0 Å². The molecule has 20 heavy (non-hydrogen) atoms. The third kappa shape index (κ3) is 5.36. The summed E-state index contributed by atoms with van der Waals surface area (Å²) in [5.41, 5.74) is 0. The van der Waals surface area contributed by atoms with Crippen LogP contribution in [0.4, 0.5) is 4.39 Å². The van der Waals surface area contributed by atoms with Crippen LogP contribution in [0, 0.1) is 5.82 Å². The van der Waals surface area contributed by atoms with Crippen molar-refractivity contribution in [2.24, 2.45) is 0 Å². The zero-order chi connectivity index (χ0) is 13.5. The topological polar surface area (TPSA) is 42.4 Å². The van der Waals surface area contributed by atoms with Crippen LogP contribution in [0.3, 0.4) is 0 Å². The van der Waals surface area contributed by atoms with Gasteiger partial charge in [0.2, 0.25) is 0 Å². The second-order valence-corrected chi connectivity index (χ2v) is 4.91. The highest BCUT2D eigenvalue weighted by molar-refractivity contribution is 7.99. The maximum atomic E-state index is 13.3. The largest absolute Gasteiger partial charge is 0.488 e. The molecule has 0 saturated heterocycles. The summed E-state index contributed by atoms with van der Waals surface area (Å²) in [5, 5.41) is 10.6. The Morgan fingerprint density at radius 1 is 1.20 bits per heavy atom. The minimum atomic E-state index is -0.674. The standard InChI is InChI=1S/C14H14FNO2S.ClH/c15-12-5-1-2-6-13(12)18-9-11(17)10-19-14-7-3-4-8-16-14;/h1-8,11,17H,9-10H2;1H. The Bertz CT molecular complexity index is 516. The van der Waals surface area contributed by atoms with Crippen molar-refractivity contribution in [2.75, 3.05) is 12.4 Å². The van der Waals surface area contributed by atoms with E-state index in [4.69, 9.17) is 4.74 Å². The van der Waals surface area contributed by atoms with E-state index in [1.54, 1.807) is 18.3 Å². The van der Waals surface area contributed by atoms with E-state index in [1.165, 1.54) is 23.9 Å². The van der Waals surface area contributed by atoms with Crippen LogP contribution in [-0.2, 0) is 0 Å². The van der Waals surface area contributed by atoms with Gasteiger partial charge in [-0.2, -0.15) is 0 Å². The van der Waals surface area contributed by atoms with Gasteiger partial charge in [-0.25, -0.2) is 9.37 Å². The molecule has 3 nitrogen and oxygen atoms in total. The summed E-state index contributed by atoms with van der Waals surface area (Å²) >= 11 is 1.43.